The van der Waals surface area contributed by atoms with Crippen molar-refractivity contribution in [2.45, 2.75) is 45.3 Å². The van der Waals surface area contributed by atoms with E-state index in [0.29, 0.717) is 37.5 Å². The Kier molecular flexibility index (Phi) is 7.72. The van der Waals surface area contributed by atoms with E-state index in [2.05, 4.69) is 5.32 Å². The number of halogens is 1. The van der Waals surface area contributed by atoms with Crippen LogP contribution in [0.4, 0.5) is 4.79 Å². The van der Waals surface area contributed by atoms with Gasteiger partial charge in [-0.3, -0.25) is 4.79 Å². The number of ether oxygens (including phenoxy) is 1. The molecule has 1 fully saturated rings. The molecule has 1 saturated heterocycles. The lowest BCUT2D eigenvalue weighted by molar-refractivity contribution is -0.126. The Hall–Kier alpha value is -1.79. The quantitative estimate of drug-likeness (QED) is 0.805. The normalized spacial score (nSPS) is 16.8. The first-order valence-electron chi connectivity index (χ1n) is 9.75. The average molecular weight is 410 g/mol. The minimum atomic E-state index is -0.509. The van der Waals surface area contributed by atoms with Gasteiger partial charge in [0, 0.05) is 30.6 Å². The third-order valence-corrected chi connectivity index (χ3v) is 5.22. The lowest BCUT2D eigenvalue weighted by Gasteiger charge is -2.33. The van der Waals surface area contributed by atoms with Crippen LogP contribution < -0.4 is 5.32 Å². The summed E-state index contributed by atoms with van der Waals surface area (Å²) < 4.78 is 5.41. The summed E-state index contributed by atoms with van der Waals surface area (Å²) in [4.78, 5) is 28.5. The number of carbonyl (C=O) groups is 2. The molecule has 2 rings (SSSR count). The second-order valence-corrected chi connectivity index (χ2v) is 8.89. The Morgan fingerprint density at radius 1 is 1.25 bits per heavy atom. The van der Waals surface area contributed by atoms with Crippen molar-refractivity contribution in [1.82, 2.24) is 15.1 Å². The van der Waals surface area contributed by atoms with Crippen LogP contribution >= 0.6 is 11.6 Å². The van der Waals surface area contributed by atoms with Crippen molar-refractivity contribution in [3.63, 3.8) is 0 Å². The molecule has 7 heteroatoms. The molecule has 6 nitrogen and oxygen atoms in total. The third-order valence-electron chi connectivity index (χ3n) is 4.87. The molecule has 2 amide bonds. The van der Waals surface area contributed by atoms with Gasteiger partial charge in [-0.25, -0.2) is 4.79 Å². The molecule has 28 heavy (non-hydrogen) atoms. The molecule has 1 aromatic rings. The summed E-state index contributed by atoms with van der Waals surface area (Å²) in [7, 11) is 3.94. The smallest absolute Gasteiger partial charge is 0.410 e. The first kappa shape index (κ1) is 22.5. The zero-order chi connectivity index (χ0) is 20.9. The van der Waals surface area contributed by atoms with Crippen LogP contribution in [-0.2, 0) is 9.53 Å². The van der Waals surface area contributed by atoms with E-state index in [1.165, 1.54) is 0 Å². The van der Waals surface area contributed by atoms with E-state index in [1.807, 2.05) is 64.0 Å². The van der Waals surface area contributed by atoms with Gasteiger partial charge in [0.05, 0.1) is 6.04 Å². The number of likely N-dealkylation sites (tertiary alicyclic amines) is 1. The summed E-state index contributed by atoms with van der Waals surface area (Å²) in [5, 5.41) is 3.76. The fourth-order valence-corrected chi connectivity index (χ4v) is 3.57. The van der Waals surface area contributed by atoms with Crippen LogP contribution in [0.25, 0.3) is 0 Å². The molecule has 1 aromatic carbocycles. The van der Waals surface area contributed by atoms with Gasteiger partial charge in [0.25, 0.3) is 0 Å². The van der Waals surface area contributed by atoms with Crippen molar-refractivity contribution >= 4 is 23.6 Å². The van der Waals surface area contributed by atoms with Crippen molar-refractivity contribution in [1.29, 1.82) is 0 Å². The lowest BCUT2D eigenvalue weighted by Crippen LogP contribution is -2.45. The molecule has 1 aliphatic rings. The Bertz CT molecular complexity index is 680. The van der Waals surface area contributed by atoms with E-state index in [-0.39, 0.29) is 24.0 Å². The van der Waals surface area contributed by atoms with Crippen molar-refractivity contribution in [3.8, 4) is 0 Å². The number of nitrogens with zero attached hydrogens (tertiary/aromatic N) is 2. The topological polar surface area (TPSA) is 61.9 Å². The summed E-state index contributed by atoms with van der Waals surface area (Å²) in [5.74, 6) is -0.0597. The van der Waals surface area contributed by atoms with Gasteiger partial charge in [0.1, 0.15) is 5.60 Å². The monoisotopic (exact) mass is 409 g/mol. The summed E-state index contributed by atoms with van der Waals surface area (Å²) in [6, 6.07) is 7.70. The molecule has 0 aliphatic carbocycles. The number of hydrogen-bond acceptors (Lipinski definition) is 4. The lowest BCUT2D eigenvalue weighted by atomic mass is 9.96. The summed E-state index contributed by atoms with van der Waals surface area (Å²) in [5.41, 5.74) is 0.486. The van der Waals surface area contributed by atoms with E-state index in [0.717, 1.165) is 5.56 Å². The van der Waals surface area contributed by atoms with Gasteiger partial charge in [0.2, 0.25) is 5.91 Å². The van der Waals surface area contributed by atoms with Crippen molar-refractivity contribution in [2.24, 2.45) is 5.92 Å². The second-order valence-electron chi connectivity index (χ2n) is 8.49. The summed E-state index contributed by atoms with van der Waals surface area (Å²) >= 11 is 6.33. The van der Waals surface area contributed by atoms with Gasteiger partial charge in [-0.1, -0.05) is 29.8 Å². The first-order valence-corrected chi connectivity index (χ1v) is 10.1. The van der Waals surface area contributed by atoms with Crippen LogP contribution in [0.15, 0.2) is 24.3 Å². The highest BCUT2D eigenvalue weighted by Crippen LogP contribution is 2.26. The second kappa shape index (κ2) is 9.61. The van der Waals surface area contributed by atoms with Gasteiger partial charge in [0.15, 0.2) is 0 Å². The number of hydrogen-bond donors (Lipinski definition) is 1. The van der Waals surface area contributed by atoms with Crippen LogP contribution in [0.3, 0.4) is 0 Å². The van der Waals surface area contributed by atoms with E-state index < -0.39 is 5.60 Å². The zero-order valence-corrected chi connectivity index (χ0v) is 18.3. The fraction of sp³-hybridized carbons (Fsp3) is 0.619. The van der Waals surface area contributed by atoms with Crippen LogP contribution in [-0.4, -0.2) is 61.1 Å². The van der Waals surface area contributed by atoms with Gasteiger partial charge in [-0.05, 0) is 59.3 Å². The molecular formula is C21H32ClN3O3. The fourth-order valence-electron chi connectivity index (χ4n) is 3.31. The number of benzene rings is 1. The maximum absolute atomic E-state index is 12.6. The SMILES string of the molecule is CN(C)[C@H](CNC(=O)C1CCN(C(=O)OC(C)(C)C)CC1)c1ccccc1Cl. The van der Waals surface area contributed by atoms with Gasteiger partial charge >= 0.3 is 6.09 Å². The Balaban J connectivity index is 1.87. The number of likely N-dealkylation sites (N-methyl/N-ethyl adjacent to an activating group) is 1. The molecule has 1 aliphatic heterocycles. The minimum absolute atomic E-state index is 0.000461. The maximum Gasteiger partial charge on any atom is 0.410 e. The van der Waals surface area contributed by atoms with Crippen LogP contribution in [0, 0.1) is 5.92 Å². The molecule has 1 heterocycles. The number of piperidine rings is 1. The molecule has 156 valence electrons. The molecule has 0 bridgehead atoms. The Morgan fingerprint density at radius 2 is 1.86 bits per heavy atom. The number of amides is 2. The molecule has 0 unspecified atom stereocenters. The van der Waals surface area contributed by atoms with Gasteiger partial charge in [-0.15, -0.1) is 0 Å². The van der Waals surface area contributed by atoms with Crippen molar-refractivity contribution < 1.29 is 14.3 Å². The molecule has 0 saturated carbocycles. The minimum Gasteiger partial charge on any atom is -0.444 e. The maximum atomic E-state index is 12.6. The number of carbonyl (C=O) groups excluding carboxylic acids is 2. The molecule has 0 aromatic heterocycles. The van der Waals surface area contributed by atoms with E-state index in [1.54, 1.807) is 4.90 Å². The van der Waals surface area contributed by atoms with Crippen molar-refractivity contribution in [2.75, 3.05) is 33.7 Å². The number of rotatable bonds is 5. The summed E-state index contributed by atoms with van der Waals surface area (Å²) in [6.45, 7) is 7.12. The predicted molar refractivity (Wildman–Crippen MR) is 111 cm³/mol. The molecule has 0 spiro atoms. The average Bonchev–Trinajstić information content (AvgIpc) is 2.61. The summed E-state index contributed by atoms with van der Waals surface area (Å²) in [6.07, 6.45) is 0.978. The highest BCUT2D eigenvalue weighted by atomic mass is 35.5. The molecular weight excluding hydrogens is 378 g/mol. The van der Waals surface area contributed by atoms with E-state index in [9.17, 15) is 9.59 Å². The third kappa shape index (κ3) is 6.38. The first-order chi connectivity index (χ1) is 13.1. The highest BCUT2D eigenvalue weighted by molar-refractivity contribution is 6.31. The largest absolute Gasteiger partial charge is 0.444 e. The van der Waals surface area contributed by atoms with Crippen LogP contribution in [0.2, 0.25) is 5.02 Å². The number of nitrogens with one attached hydrogen (secondary N) is 1. The molecule has 1 N–H and O–H groups in total. The standard InChI is InChI=1S/C21H32ClN3O3/c1-21(2,3)28-20(27)25-12-10-15(11-13-25)19(26)23-14-18(24(4)5)16-8-6-7-9-17(16)22/h6-9,15,18H,10-14H2,1-5H3,(H,23,26)/t18-/m1/s1. The Labute approximate surface area is 173 Å². The Morgan fingerprint density at radius 3 is 2.39 bits per heavy atom. The van der Waals surface area contributed by atoms with E-state index >= 15 is 0 Å². The highest BCUT2D eigenvalue weighted by Gasteiger charge is 2.30. The van der Waals surface area contributed by atoms with Crippen LogP contribution in [0.1, 0.15) is 45.2 Å². The van der Waals surface area contributed by atoms with Gasteiger partial charge in [-0.2, -0.15) is 0 Å². The zero-order valence-electron chi connectivity index (χ0n) is 17.5. The van der Waals surface area contributed by atoms with E-state index in [4.69, 9.17) is 16.3 Å². The molecule has 0 radical (unpaired) electrons. The predicted octanol–water partition coefficient (Wildman–Crippen LogP) is 3.71. The van der Waals surface area contributed by atoms with Crippen LogP contribution in [0.5, 0.6) is 0 Å². The van der Waals surface area contributed by atoms with Crippen molar-refractivity contribution in [3.05, 3.63) is 34.9 Å². The van der Waals surface area contributed by atoms with Gasteiger partial charge < -0.3 is 19.9 Å². The molecule has 1 atom stereocenters.